The number of carbonyl (C=O) groups excluding carboxylic acids is 2. The number of nitrogens with one attached hydrogen (secondary N) is 1. The van der Waals surface area contributed by atoms with Gasteiger partial charge in [0.15, 0.2) is 5.78 Å². The first-order valence-electron chi connectivity index (χ1n) is 14.3. The standard InChI is InChI=1S/C34H45NO6S2/c1-25(2)18-19-32(41-23-28-14-11-17-30(22-28)33(36)29-15-8-7-9-16-29)27(4)13-10-12-26(3)20-21-42-24-31(34(37)40-5)35-43(6,38)39/h7-9,11,13-18,20,22,31-32,35H,10,12,19,21,23-24H2,1-6H3/b26-20+,27-13+/t31-,32?/m0/s1/i43+3. The van der Waals surface area contributed by atoms with Crippen molar-refractivity contribution in [1.82, 2.24) is 4.72 Å². The highest BCUT2D eigenvalue weighted by Crippen LogP contribution is 2.19. The van der Waals surface area contributed by atoms with Crippen LogP contribution in [0.5, 0.6) is 0 Å². The molecule has 0 saturated carbocycles. The van der Waals surface area contributed by atoms with Crippen molar-refractivity contribution in [2.24, 2.45) is 0 Å². The Morgan fingerprint density at radius 1 is 0.953 bits per heavy atom. The summed E-state index contributed by atoms with van der Waals surface area (Å²) in [6, 6.07) is 16.0. The van der Waals surface area contributed by atoms with E-state index in [0.29, 0.717) is 23.5 Å². The molecular formula is C34H45NO6S2. The van der Waals surface area contributed by atoms with Crippen molar-refractivity contribution in [3.05, 3.63) is 106 Å². The van der Waals surface area contributed by atoms with Gasteiger partial charge in [-0.1, -0.05) is 77.9 Å². The van der Waals surface area contributed by atoms with Gasteiger partial charge in [-0.05, 0) is 64.2 Å². The second-order valence-corrected chi connectivity index (χ2v) is 13.6. The fourth-order valence-corrected chi connectivity index (χ4v) is 5.98. The molecule has 234 valence electrons. The lowest BCUT2D eigenvalue weighted by Crippen LogP contribution is -2.42. The summed E-state index contributed by atoms with van der Waals surface area (Å²) in [4.78, 5) is 24.8. The van der Waals surface area contributed by atoms with Gasteiger partial charge < -0.3 is 9.47 Å². The van der Waals surface area contributed by atoms with Crippen LogP contribution in [0.3, 0.4) is 0 Å². The van der Waals surface area contributed by atoms with E-state index in [1.807, 2.05) is 54.6 Å². The topological polar surface area (TPSA) is 98.8 Å². The largest absolute Gasteiger partial charge is 0.468 e. The number of hydrogen-bond donors (Lipinski definition) is 1. The number of allylic oxidation sites excluding steroid dienone is 3. The summed E-state index contributed by atoms with van der Waals surface area (Å²) in [6.45, 7) is 8.71. The SMILES string of the molecule is COC(=O)[C@H](CSC/C=C(\C)CC/C=C(\C)C(CC=C(C)C)OCc1cccc(C(=O)c2ccccc2)c1)N[35S](C)(=O)=O. The highest BCUT2D eigenvalue weighted by Gasteiger charge is 2.22. The Hall–Kier alpha value is -2.98. The van der Waals surface area contributed by atoms with Crippen LogP contribution in [0.1, 0.15) is 68.4 Å². The van der Waals surface area contributed by atoms with Crippen molar-refractivity contribution in [1.29, 1.82) is 0 Å². The van der Waals surface area contributed by atoms with Gasteiger partial charge in [-0.2, -0.15) is 11.8 Å². The Morgan fingerprint density at radius 3 is 2.30 bits per heavy atom. The highest BCUT2D eigenvalue weighted by atomic mass is 35.1. The Bertz CT molecular complexity index is 1390. The minimum absolute atomic E-state index is 0.00436. The average Bonchev–Trinajstić information content (AvgIpc) is 2.97. The second-order valence-electron chi connectivity index (χ2n) is 10.8. The normalized spacial score (nSPS) is 13.7. The molecule has 7 nitrogen and oxygen atoms in total. The predicted molar refractivity (Wildman–Crippen MR) is 177 cm³/mol. The number of sulfonamides is 1. The Labute approximate surface area is 261 Å². The van der Waals surface area contributed by atoms with E-state index in [0.717, 1.165) is 36.7 Å². The molecule has 2 aromatic rings. The third kappa shape index (κ3) is 14.4. The van der Waals surface area contributed by atoms with Crippen molar-refractivity contribution in [2.75, 3.05) is 24.9 Å². The molecule has 0 fully saturated rings. The second kappa shape index (κ2) is 18.6. The van der Waals surface area contributed by atoms with E-state index in [2.05, 4.69) is 50.6 Å². The summed E-state index contributed by atoms with van der Waals surface area (Å²) >= 11 is 1.47. The lowest BCUT2D eigenvalue weighted by atomic mass is 10.0. The van der Waals surface area contributed by atoms with Crippen molar-refractivity contribution in [3.63, 3.8) is 0 Å². The van der Waals surface area contributed by atoms with E-state index < -0.39 is 22.0 Å². The number of rotatable bonds is 18. The summed E-state index contributed by atoms with van der Waals surface area (Å²) in [6.07, 6.45) is 9.93. The number of ether oxygens (including phenoxy) is 2. The van der Waals surface area contributed by atoms with Crippen LogP contribution < -0.4 is 4.72 Å². The summed E-state index contributed by atoms with van der Waals surface area (Å²) in [5.41, 5.74) is 5.86. The zero-order valence-electron chi connectivity index (χ0n) is 26.1. The quantitative estimate of drug-likeness (QED) is 0.0852. The van der Waals surface area contributed by atoms with Gasteiger partial charge in [0, 0.05) is 22.6 Å². The zero-order chi connectivity index (χ0) is 31.8. The lowest BCUT2D eigenvalue weighted by molar-refractivity contribution is -0.141. The van der Waals surface area contributed by atoms with Crippen LogP contribution in [-0.2, 0) is 30.9 Å². The fourth-order valence-electron chi connectivity index (χ4n) is 4.18. The highest BCUT2D eigenvalue weighted by molar-refractivity contribution is 7.99. The monoisotopic (exact) mass is 630 g/mol. The van der Waals surface area contributed by atoms with Gasteiger partial charge in [-0.25, -0.2) is 13.1 Å². The maximum atomic E-state index is 12.9. The molecule has 43 heavy (non-hydrogen) atoms. The molecule has 2 atom stereocenters. The number of benzene rings is 2. The smallest absolute Gasteiger partial charge is 0.324 e. The molecule has 1 unspecified atom stereocenters. The summed E-state index contributed by atoms with van der Waals surface area (Å²) in [5.74, 6) is 0.341. The van der Waals surface area contributed by atoms with Crippen LogP contribution in [0.25, 0.3) is 0 Å². The van der Waals surface area contributed by atoms with E-state index in [-0.39, 0.29) is 17.6 Å². The molecule has 0 aliphatic carbocycles. The van der Waals surface area contributed by atoms with E-state index in [1.165, 1.54) is 30.0 Å². The molecule has 0 heterocycles. The number of hydrogen-bond acceptors (Lipinski definition) is 7. The predicted octanol–water partition coefficient (Wildman–Crippen LogP) is 6.66. The first-order valence-corrected chi connectivity index (χ1v) is 17.3. The average molecular weight is 631 g/mol. The summed E-state index contributed by atoms with van der Waals surface area (Å²) in [5, 5.41) is 0. The third-order valence-electron chi connectivity index (χ3n) is 6.61. The molecule has 0 radical (unpaired) electrons. The molecule has 0 amide bonds. The minimum atomic E-state index is -3.52. The third-order valence-corrected chi connectivity index (χ3v) is 8.29. The van der Waals surface area contributed by atoms with E-state index in [4.69, 9.17) is 9.47 Å². The van der Waals surface area contributed by atoms with Gasteiger partial charge in [0.25, 0.3) is 0 Å². The first-order chi connectivity index (χ1) is 20.4. The van der Waals surface area contributed by atoms with Crippen LogP contribution in [0.15, 0.2) is 89.5 Å². The van der Waals surface area contributed by atoms with Crippen molar-refractivity contribution in [3.8, 4) is 0 Å². The Kier molecular flexibility index (Phi) is 15.7. The van der Waals surface area contributed by atoms with Crippen LogP contribution >= 0.6 is 11.8 Å². The molecule has 0 aliphatic rings. The summed E-state index contributed by atoms with van der Waals surface area (Å²) in [7, 11) is -2.28. The van der Waals surface area contributed by atoms with E-state index in [1.54, 1.807) is 0 Å². The number of carbonyl (C=O) groups is 2. The van der Waals surface area contributed by atoms with E-state index in [9.17, 15) is 18.0 Å². The number of thioether (sulfide) groups is 1. The van der Waals surface area contributed by atoms with Gasteiger partial charge in [0.05, 0.1) is 26.1 Å². The molecule has 0 bridgehead atoms. The van der Waals surface area contributed by atoms with Crippen molar-refractivity contribution >= 4 is 33.5 Å². The maximum absolute atomic E-state index is 12.9. The molecule has 2 aromatic carbocycles. The van der Waals surface area contributed by atoms with Crippen molar-refractivity contribution in [2.45, 2.75) is 65.7 Å². The van der Waals surface area contributed by atoms with E-state index >= 15 is 0 Å². The molecule has 0 spiro atoms. The van der Waals surface area contributed by atoms with Crippen LogP contribution in [-0.4, -0.2) is 57.2 Å². The summed E-state index contributed by atoms with van der Waals surface area (Å²) < 4.78 is 36.5. The number of ketones is 1. The minimum Gasteiger partial charge on any atom is -0.468 e. The molecule has 1 N–H and O–H groups in total. The van der Waals surface area contributed by atoms with Gasteiger partial charge in [0.2, 0.25) is 10.0 Å². The molecule has 2 rings (SSSR count). The van der Waals surface area contributed by atoms with Crippen LogP contribution in [0.2, 0.25) is 0 Å². The molecule has 0 aliphatic heterocycles. The Balaban J connectivity index is 1.95. The molecular weight excluding hydrogens is 585 g/mol. The maximum Gasteiger partial charge on any atom is 0.324 e. The van der Waals surface area contributed by atoms with Crippen LogP contribution in [0, 0.1) is 0 Å². The van der Waals surface area contributed by atoms with Gasteiger partial charge in [-0.15, -0.1) is 0 Å². The number of methoxy groups -OCH3 is 1. The molecule has 9 heteroatoms. The lowest BCUT2D eigenvalue weighted by Gasteiger charge is -2.18. The Morgan fingerprint density at radius 2 is 1.65 bits per heavy atom. The zero-order valence-corrected chi connectivity index (χ0v) is 27.7. The number of esters is 1. The van der Waals surface area contributed by atoms with Crippen LogP contribution in [0.4, 0.5) is 0 Å². The first kappa shape index (κ1) is 36.2. The molecule has 0 saturated heterocycles. The fraction of sp³-hybridized carbons (Fsp3) is 0.412. The van der Waals surface area contributed by atoms with Gasteiger partial charge >= 0.3 is 5.97 Å². The van der Waals surface area contributed by atoms with Gasteiger partial charge in [0.1, 0.15) is 6.04 Å². The van der Waals surface area contributed by atoms with Crippen molar-refractivity contribution < 1.29 is 27.5 Å². The van der Waals surface area contributed by atoms with Gasteiger partial charge in [-0.3, -0.25) is 9.59 Å². The molecule has 0 aromatic heterocycles.